The summed E-state index contributed by atoms with van der Waals surface area (Å²) >= 11 is 1.64. The average molecular weight is 356 g/mol. The van der Waals surface area contributed by atoms with Crippen molar-refractivity contribution in [3.63, 3.8) is 0 Å². The second-order valence-corrected chi connectivity index (χ2v) is 7.20. The number of hydrogen-bond acceptors (Lipinski definition) is 7. The highest BCUT2D eigenvalue weighted by molar-refractivity contribution is 8.02. The number of rotatable bonds is 1. The first-order chi connectivity index (χ1) is 10.8. The van der Waals surface area contributed by atoms with E-state index in [-0.39, 0.29) is 5.91 Å². The Morgan fingerprint density at radius 1 is 1.35 bits per heavy atom. The van der Waals surface area contributed by atoms with Gasteiger partial charge in [-0.15, -0.1) is 11.8 Å². The molecule has 1 amide bonds. The van der Waals surface area contributed by atoms with Gasteiger partial charge in [0.2, 0.25) is 0 Å². The number of hydrogen-bond donors (Lipinski definition) is 3. The van der Waals surface area contributed by atoms with Crippen LogP contribution in [0.15, 0.2) is 40.5 Å². The maximum absolute atomic E-state index is 11.7. The fourth-order valence-corrected chi connectivity index (χ4v) is 2.73. The fourth-order valence-electron chi connectivity index (χ4n) is 1.94. The van der Waals surface area contributed by atoms with Gasteiger partial charge in [0.05, 0.1) is 6.26 Å². The van der Waals surface area contributed by atoms with Gasteiger partial charge in [0.15, 0.2) is 5.84 Å². The molecule has 0 unspecified atom stereocenters. The number of nitrogens with zero attached hydrogens (tertiary/aromatic N) is 2. The number of carbonyl (C=O) groups is 1. The number of nitrogens with one attached hydrogen (secondary N) is 1. The fraction of sp³-hybridized carbons (Fsp3) is 0.231. The summed E-state index contributed by atoms with van der Waals surface area (Å²) in [4.78, 5) is 13.6. The number of amidine groups is 1. The highest BCUT2D eigenvalue weighted by atomic mass is 32.2. The third kappa shape index (κ3) is 4.98. The summed E-state index contributed by atoms with van der Waals surface area (Å²) in [6.07, 6.45) is 0.715. The van der Waals surface area contributed by atoms with E-state index in [1.807, 2.05) is 34.6 Å². The predicted octanol–water partition coefficient (Wildman–Crippen LogP) is 0.454. The molecular formula is C13H16N4O4S2. The van der Waals surface area contributed by atoms with Gasteiger partial charge in [-0.25, -0.2) is 5.43 Å². The normalized spacial score (nSPS) is 17.1. The van der Waals surface area contributed by atoms with Crippen LogP contribution in [0, 0.1) is 0 Å². The zero-order valence-electron chi connectivity index (χ0n) is 12.3. The highest BCUT2D eigenvalue weighted by Gasteiger charge is 2.29. The summed E-state index contributed by atoms with van der Waals surface area (Å²) < 4.78 is 25.9. The van der Waals surface area contributed by atoms with E-state index in [2.05, 4.69) is 10.5 Å². The molecule has 0 bridgehead atoms. The van der Waals surface area contributed by atoms with Crippen molar-refractivity contribution in [2.45, 2.75) is 0 Å². The molecule has 8 nitrogen and oxygen atoms in total. The van der Waals surface area contributed by atoms with Crippen molar-refractivity contribution < 1.29 is 17.8 Å². The maximum atomic E-state index is 11.7. The molecular weight excluding hydrogens is 340 g/mol. The average Bonchev–Trinajstić information content (AvgIpc) is 2.48. The van der Waals surface area contributed by atoms with Gasteiger partial charge in [-0.1, -0.05) is 0 Å². The topological polar surface area (TPSA) is 125 Å². The van der Waals surface area contributed by atoms with Crippen molar-refractivity contribution in [1.29, 1.82) is 0 Å². The summed E-state index contributed by atoms with van der Waals surface area (Å²) in [7, 11) is -3.67. The quantitative estimate of drug-likeness (QED) is 0.493. The highest BCUT2D eigenvalue weighted by Crippen LogP contribution is 2.24. The third-order valence-electron chi connectivity index (χ3n) is 2.84. The van der Waals surface area contributed by atoms with Crippen LogP contribution in [0.4, 0.5) is 5.69 Å². The Hall–Kier alpha value is -2.04. The summed E-state index contributed by atoms with van der Waals surface area (Å²) in [5, 5.41) is 6.03. The lowest BCUT2D eigenvalue weighted by molar-refractivity contribution is -0.119. The van der Waals surface area contributed by atoms with Gasteiger partial charge in [-0.3, -0.25) is 9.35 Å². The maximum Gasteiger partial charge on any atom is 0.288 e. The largest absolute Gasteiger partial charge is 0.399 e. The summed E-state index contributed by atoms with van der Waals surface area (Å²) in [6.45, 7) is 0.785. The molecule has 0 radical (unpaired) electrons. The number of fused-ring (bicyclic) bond motifs is 1. The van der Waals surface area contributed by atoms with Gasteiger partial charge >= 0.3 is 0 Å². The van der Waals surface area contributed by atoms with Gasteiger partial charge in [0.1, 0.15) is 5.70 Å². The summed E-state index contributed by atoms with van der Waals surface area (Å²) in [5.41, 5.74) is 10.5. The number of anilines is 1. The Morgan fingerprint density at radius 2 is 1.96 bits per heavy atom. The van der Waals surface area contributed by atoms with Gasteiger partial charge < -0.3 is 10.6 Å². The molecule has 0 atom stereocenters. The predicted molar refractivity (Wildman–Crippen MR) is 90.3 cm³/mol. The van der Waals surface area contributed by atoms with Crippen molar-refractivity contribution in [3.05, 3.63) is 40.9 Å². The number of thioether (sulfide) groups is 1. The molecule has 0 aromatic heterocycles. The first-order valence-electron chi connectivity index (χ1n) is 6.51. The van der Waals surface area contributed by atoms with Crippen LogP contribution in [0.3, 0.4) is 0 Å². The molecule has 0 saturated carbocycles. The minimum absolute atomic E-state index is 0.151. The van der Waals surface area contributed by atoms with E-state index in [1.54, 1.807) is 11.8 Å². The van der Waals surface area contributed by atoms with E-state index in [0.29, 0.717) is 17.6 Å². The molecule has 0 aliphatic carbocycles. The van der Waals surface area contributed by atoms with Crippen LogP contribution >= 0.6 is 11.8 Å². The molecule has 0 fully saturated rings. The molecule has 23 heavy (non-hydrogen) atoms. The molecule has 4 N–H and O–H groups in total. The molecule has 1 aromatic carbocycles. The van der Waals surface area contributed by atoms with Crippen molar-refractivity contribution in [2.24, 2.45) is 5.10 Å². The molecule has 124 valence electrons. The van der Waals surface area contributed by atoms with E-state index in [1.165, 1.54) is 0 Å². The molecule has 2 heterocycles. The number of hydrazone groups is 1. The SMILES string of the molecule is CS(=O)(=O)O.Nc1ccc(C2=NNC(=O)C3=CSCCN32)cc1. The van der Waals surface area contributed by atoms with Crippen molar-refractivity contribution in [1.82, 2.24) is 10.3 Å². The van der Waals surface area contributed by atoms with Crippen molar-refractivity contribution in [3.8, 4) is 0 Å². The Labute approximate surface area is 138 Å². The van der Waals surface area contributed by atoms with Crippen LogP contribution in [0.5, 0.6) is 0 Å². The van der Waals surface area contributed by atoms with Crippen LogP contribution in [-0.2, 0) is 14.9 Å². The first kappa shape index (κ1) is 17.3. The van der Waals surface area contributed by atoms with Gasteiger partial charge in [0, 0.05) is 29.0 Å². The molecule has 0 saturated heterocycles. The second kappa shape index (κ2) is 7.02. The van der Waals surface area contributed by atoms with E-state index < -0.39 is 10.1 Å². The van der Waals surface area contributed by atoms with Gasteiger partial charge in [-0.2, -0.15) is 13.5 Å². The zero-order valence-corrected chi connectivity index (χ0v) is 13.9. The number of carbonyl (C=O) groups excluding carboxylic acids is 1. The van der Waals surface area contributed by atoms with Crippen molar-refractivity contribution in [2.75, 3.05) is 24.3 Å². The number of amides is 1. The van der Waals surface area contributed by atoms with Crippen LogP contribution in [0.1, 0.15) is 5.56 Å². The molecule has 0 spiro atoms. The van der Waals surface area contributed by atoms with Crippen LogP contribution in [0.25, 0.3) is 0 Å². The molecule has 1 aromatic rings. The van der Waals surface area contributed by atoms with E-state index in [9.17, 15) is 13.2 Å². The Morgan fingerprint density at radius 3 is 2.57 bits per heavy atom. The number of benzene rings is 1. The smallest absolute Gasteiger partial charge is 0.288 e. The Kier molecular flexibility index (Phi) is 5.29. The minimum Gasteiger partial charge on any atom is -0.399 e. The second-order valence-electron chi connectivity index (χ2n) is 4.76. The Balaban J connectivity index is 0.000000338. The molecule has 2 aliphatic heterocycles. The standard InChI is InChI=1S/C12H12N4OS.CH4O3S/c13-9-3-1-8(2-4-9)11-14-15-12(17)10-7-18-6-5-16(10)11;1-5(2,3)4/h1-4,7H,5-6,13H2,(H,15,17);1H3,(H,2,3,4). The monoisotopic (exact) mass is 356 g/mol. The number of nitrogen functional groups attached to an aromatic ring is 1. The summed E-state index contributed by atoms with van der Waals surface area (Å²) in [6, 6.07) is 7.47. The lowest BCUT2D eigenvalue weighted by Crippen LogP contribution is -2.45. The minimum atomic E-state index is -3.67. The molecule has 3 rings (SSSR count). The van der Waals surface area contributed by atoms with E-state index in [0.717, 1.165) is 23.7 Å². The molecule has 10 heteroatoms. The summed E-state index contributed by atoms with van der Waals surface area (Å²) in [5.74, 6) is 1.56. The lowest BCUT2D eigenvalue weighted by Gasteiger charge is -2.32. The van der Waals surface area contributed by atoms with E-state index in [4.69, 9.17) is 10.3 Å². The first-order valence-corrected chi connectivity index (χ1v) is 9.41. The van der Waals surface area contributed by atoms with Gasteiger partial charge in [0.25, 0.3) is 16.0 Å². The van der Waals surface area contributed by atoms with Crippen LogP contribution in [0.2, 0.25) is 0 Å². The molecule has 2 aliphatic rings. The van der Waals surface area contributed by atoms with E-state index >= 15 is 0 Å². The van der Waals surface area contributed by atoms with Crippen LogP contribution < -0.4 is 11.2 Å². The van der Waals surface area contributed by atoms with Crippen molar-refractivity contribution >= 4 is 39.3 Å². The third-order valence-corrected chi connectivity index (χ3v) is 3.65. The number of nitrogens with two attached hydrogens (primary N) is 1. The van der Waals surface area contributed by atoms with Gasteiger partial charge in [-0.05, 0) is 24.3 Å². The lowest BCUT2D eigenvalue weighted by atomic mass is 10.1. The Bertz CT molecular complexity index is 749. The van der Waals surface area contributed by atoms with Crippen LogP contribution in [-0.4, -0.2) is 48.2 Å². The zero-order chi connectivity index (χ0) is 17.0.